The molecular weight excluding hydrogens is 577 g/mol. The number of hydrogen-bond donors (Lipinski definition) is 0. The molecule has 0 aromatic heterocycles. The van der Waals surface area contributed by atoms with Crippen molar-refractivity contribution < 1.29 is 14.3 Å². The summed E-state index contributed by atoms with van der Waals surface area (Å²) >= 11 is 9.24. The van der Waals surface area contributed by atoms with Crippen LogP contribution >= 0.6 is 54.5 Å². The lowest BCUT2D eigenvalue weighted by molar-refractivity contribution is -0.129. The summed E-state index contributed by atoms with van der Waals surface area (Å²) in [7, 11) is 0. The number of rotatable bonds is 4. The van der Waals surface area contributed by atoms with Gasteiger partial charge in [-0.3, -0.25) is 0 Å². The summed E-state index contributed by atoms with van der Waals surface area (Å²) in [5.41, 5.74) is 1.83. The fraction of sp³-hybridized carbons (Fsp3) is 0.158. The first-order chi connectivity index (χ1) is 12.3. The molecule has 2 aromatic rings. The molecule has 0 fully saturated rings. The van der Waals surface area contributed by atoms with Gasteiger partial charge in [0.05, 0.1) is 15.0 Å². The lowest BCUT2D eigenvalue weighted by Gasteiger charge is -2.14. The molecule has 7 heteroatoms. The first-order valence-corrected chi connectivity index (χ1v) is 10.4. The maximum atomic E-state index is 12.2. The van der Waals surface area contributed by atoms with Crippen molar-refractivity contribution in [1.82, 2.24) is 0 Å². The topological polar surface area (TPSA) is 47.9 Å². The SMILES string of the molecule is CC(C)Oc1c(Br)cc(/C=C2\N=C(c3ccc(I)cc3)OC2=O)cc1Br. The minimum atomic E-state index is -0.465. The molecule has 1 aliphatic rings. The molecule has 0 N–H and O–H groups in total. The second-order valence-corrected chi connectivity index (χ2v) is 8.78. The van der Waals surface area contributed by atoms with Crippen molar-refractivity contribution in [1.29, 1.82) is 0 Å². The average molecular weight is 591 g/mol. The van der Waals surface area contributed by atoms with Crippen LogP contribution < -0.4 is 4.74 Å². The number of hydrogen-bond acceptors (Lipinski definition) is 4. The van der Waals surface area contributed by atoms with Crippen LogP contribution in [0, 0.1) is 3.57 Å². The molecule has 1 heterocycles. The highest BCUT2D eigenvalue weighted by Gasteiger charge is 2.24. The number of halogens is 3. The van der Waals surface area contributed by atoms with Crippen LogP contribution in [0.5, 0.6) is 5.75 Å². The summed E-state index contributed by atoms with van der Waals surface area (Å²) in [6, 6.07) is 11.4. The van der Waals surface area contributed by atoms with Crippen LogP contribution in [-0.2, 0) is 9.53 Å². The van der Waals surface area contributed by atoms with E-state index in [1.807, 2.05) is 50.2 Å². The smallest absolute Gasteiger partial charge is 0.363 e. The molecule has 0 atom stereocenters. The number of carbonyl (C=O) groups excluding carboxylic acids is 1. The Morgan fingerprint density at radius 2 is 1.77 bits per heavy atom. The van der Waals surface area contributed by atoms with Gasteiger partial charge in [-0.2, -0.15) is 0 Å². The zero-order valence-corrected chi connectivity index (χ0v) is 19.3. The van der Waals surface area contributed by atoms with Crippen molar-refractivity contribution >= 4 is 72.4 Å². The van der Waals surface area contributed by atoms with Gasteiger partial charge in [0.1, 0.15) is 5.75 Å². The normalized spacial score (nSPS) is 15.4. The van der Waals surface area contributed by atoms with Crippen LogP contribution in [0.4, 0.5) is 0 Å². The molecule has 134 valence electrons. The van der Waals surface area contributed by atoms with Crippen molar-refractivity contribution in [2.45, 2.75) is 20.0 Å². The second kappa shape index (κ2) is 8.22. The molecule has 0 saturated carbocycles. The van der Waals surface area contributed by atoms with E-state index in [9.17, 15) is 4.79 Å². The fourth-order valence-electron chi connectivity index (χ4n) is 2.29. The van der Waals surface area contributed by atoms with Crippen molar-refractivity contribution in [3.05, 3.63) is 65.7 Å². The summed E-state index contributed by atoms with van der Waals surface area (Å²) in [5, 5.41) is 0. The van der Waals surface area contributed by atoms with E-state index in [1.165, 1.54) is 0 Å². The van der Waals surface area contributed by atoms with Crippen molar-refractivity contribution in [2.75, 3.05) is 0 Å². The van der Waals surface area contributed by atoms with Gasteiger partial charge < -0.3 is 9.47 Å². The molecule has 3 rings (SSSR count). The van der Waals surface area contributed by atoms with Crippen LogP contribution in [0.1, 0.15) is 25.0 Å². The predicted octanol–water partition coefficient (Wildman–Crippen LogP) is 5.95. The predicted molar refractivity (Wildman–Crippen MR) is 117 cm³/mol. The molecular formula is C19H14Br2INO3. The molecule has 0 aliphatic carbocycles. The Balaban J connectivity index is 1.92. The van der Waals surface area contributed by atoms with Gasteiger partial charge in [0.2, 0.25) is 5.90 Å². The van der Waals surface area contributed by atoms with E-state index >= 15 is 0 Å². The molecule has 0 spiro atoms. The van der Waals surface area contributed by atoms with Crippen molar-refractivity contribution in [2.24, 2.45) is 4.99 Å². The first kappa shape index (κ1) is 19.6. The van der Waals surface area contributed by atoms with E-state index in [-0.39, 0.29) is 11.8 Å². The summed E-state index contributed by atoms with van der Waals surface area (Å²) in [5.74, 6) is 0.572. The quantitative estimate of drug-likeness (QED) is 0.251. The van der Waals surface area contributed by atoms with Crippen LogP contribution in [0.2, 0.25) is 0 Å². The van der Waals surface area contributed by atoms with Crippen LogP contribution in [-0.4, -0.2) is 18.0 Å². The highest BCUT2D eigenvalue weighted by atomic mass is 127. The minimum Gasteiger partial charge on any atom is -0.489 e. The van der Waals surface area contributed by atoms with Gasteiger partial charge in [-0.05, 0) is 116 Å². The molecule has 0 unspecified atom stereocenters. The molecule has 0 radical (unpaired) electrons. The molecule has 0 amide bonds. The summed E-state index contributed by atoms with van der Waals surface area (Å²) in [6.07, 6.45) is 1.74. The summed E-state index contributed by atoms with van der Waals surface area (Å²) in [4.78, 5) is 16.5. The third kappa shape index (κ3) is 4.55. The Labute approximate surface area is 182 Å². The molecule has 26 heavy (non-hydrogen) atoms. The van der Waals surface area contributed by atoms with Gasteiger partial charge in [0, 0.05) is 9.13 Å². The van der Waals surface area contributed by atoms with Crippen LogP contribution in [0.3, 0.4) is 0 Å². The molecule has 2 aromatic carbocycles. The number of ether oxygens (including phenoxy) is 2. The zero-order chi connectivity index (χ0) is 18.8. The Morgan fingerprint density at radius 3 is 2.35 bits per heavy atom. The van der Waals surface area contributed by atoms with Crippen LogP contribution in [0.25, 0.3) is 6.08 Å². The van der Waals surface area contributed by atoms with E-state index in [4.69, 9.17) is 9.47 Å². The second-order valence-electron chi connectivity index (χ2n) is 5.82. The molecule has 4 nitrogen and oxygen atoms in total. The van der Waals surface area contributed by atoms with Gasteiger partial charge >= 0.3 is 5.97 Å². The van der Waals surface area contributed by atoms with Crippen molar-refractivity contribution in [3.8, 4) is 5.75 Å². The minimum absolute atomic E-state index is 0.0534. The third-order valence-corrected chi connectivity index (χ3v) is 5.29. The Bertz CT molecular complexity index is 898. The molecule has 0 bridgehead atoms. The van der Waals surface area contributed by atoms with E-state index in [0.717, 1.165) is 29.4 Å². The van der Waals surface area contributed by atoms with Gasteiger partial charge in [-0.15, -0.1) is 0 Å². The Morgan fingerprint density at radius 1 is 1.15 bits per heavy atom. The van der Waals surface area contributed by atoms with Gasteiger partial charge in [0.15, 0.2) is 5.70 Å². The maximum absolute atomic E-state index is 12.2. The zero-order valence-electron chi connectivity index (χ0n) is 13.9. The highest BCUT2D eigenvalue weighted by Crippen LogP contribution is 2.36. The van der Waals surface area contributed by atoms with E-state index in [0.29, 0.717) is 5.90 Å². The number of cyclic esters (lactones) is 1. The number of carbonyl (C=O) groups is 1. The Kier molecular flexibility index (Phi) is 6.19. The van der Waals surface area contributed by atoms with E-state index in [1.54, 1.807) is 6.08 Å². The fourth-order valence-corrected chi connectivity index (χ4v) is 4.06. The lowest BCUT2D eigenvalue weighted by atomic mass is 10.2. The van der Waals surface area contributed by atoms with Crippen LogP contribution in [0.15, 0.2) is 56.0 Å². The third-order valence-electron chi connectivity index (χ3n) is 3.39. The highest BCUT2D eigenvalue weighted by molar-refractivity contribution is 14.1. The standard InChI is InChI=1S/C19H14Br2INO3/c1-10(2)25-17-14(20)7-11(8-15(17)21)9-16-19(24)26-18(23-16)12-3-5-13(22)6-4-12/h3-10H,1-2H3/b16-9-. The lowest BCUT2D eigenvalue weighted by Crippen LogP contribution is -2.06. The number of esters is 1. The van der Waals surface area contributed by atoms with E-state index in [2.05, 4.69) is 59.4 Å². The van der Waals surface area contributed by atoms with Gasteiger partial charge in [-0.25, -0.2) is 9.79 Å². The number of aliphatic imine (C=N–C) groups is 1. The molecule has 1 aliphatic heterocycles. The number of nitrogens with zero attached hydrogens (tertiary/aromatic N) is 1. The van der Waals surface area contributed by atoms with Crippen molar-refractivity contribution in [3.63, 3.8) is 0 Å². The van der Waals surface area contributed by atoms with Gasteiger partial charge in [0.25, 0.3) is 0 Å². The average Bonchev–Trinajstić information content (AvgIpc) is 2.92. The molecule has 0 saturated heterocycles. The summed E-state index contributed by atoms with van der Waals surface area (Å²) in [6.45, 7) is 3.92. The van der Waals surface area contributed by atoms with E-state index < -0.39 is 5.97 Å². The number of benzene rings is 2. The summed E-state index contributed by atoms with van der Waals surface area (Å²) < 4.78 is 13.8. The monoisotopic (exact) mass is 589 g/mol. The largest absolute Gasteiger partial charge is 0.489 e. The van der Waals surface area contributed by atoms with Gasteiger partial charge in [-0.1, -0.05) is 0 Å². The first-order valence-electron chi connectivity index (χ1n) is 7.77. The Hall–Kier alpha value is -1.19. The maximum Gasteiger partial charge on any atom is 0.363 e.